The van der Waals surface area contributed by atoms with Crippen molar-refractivity contribution in [2.75, 3.05) is 20.2 Å². The van der Waals surface area contributed by atoms with E-state index in [4.69, 9.17) is 9.47 Å². The second-order valence-corrected chi connectivity index (χ2v) is 11.2. The van der Waals surface area contributed by atoms with E-state index in [0.29, 0.717) is 17.4 Å². The molecule has 3 aliphatic rings. The molecule has 5 heteroatoms. The highest BCUT2D eigenvalue weighted by molar-refractivity contribution is 5.90. The van der Waals surface area contributed by atoms with Crippen LogP contribution < -0.4 is 4.74 Å². The van der Waals surface area contributed by atoms with Crippen LogP contribution in [0.4, 0.5) is 0 Å². The standard InChI is InChI=1S/C31H36N2O3/c1-6-20-19-33-16-14-22(20)17-28(33)29(25-13-15-32-27-12-11-24(35-5)18-26(25)27)36-30(34)21-7-9-23(10-8-21)31(2,3)4/h6-13,15,18,20,22,28-29H,1,14,16-17,19H2,2-5H3/t20?,22?,28?,29-/m1/s1. The van der Waals surface area contributed by atoms with Gasteiger partial charge in [0.05, 0.1) is 24.2 Å². The Morgan fingerprint density at radius 3 is 2.58 bits per heavy atom. The van der Waals surface area contributed by atoms with Gasteiger partial charge in [0.2, 0.25) is 0 Å². The summed E-state index contributed by atoms with van der Waals surface area (Å²) in [7, 11) is 1.66. The van der Waals surface area contributed by atoms with E-state index in [0.717, 1.165) is 48.1 Å². The van der Waals surface area contributed by atoms with Gasteiger partial charge < -0.3 is 9.47 Å². The molecule has 2 bridgehead atoms. The van der Waals surface area contributed by atoms with Gasteiger partial charge >= 0.3 is 5.97 Å². The molecule has 3 fully saturated rings. The highest BCUT2D eigenvalue weighted by Crippen LogP contribution is 2.44. The maximum Gasteiger partial charge on any atom is 0.338 e. The molecule has 0 radical (unpaired) electrons. The molecule has 4 heterocycles. The molecule has 5 atom stereocenters. The molecule has 0 aliphatic carbocycles. The number of carbonyl (C=O) groups is 1. The number of piperidine rings is 3. The molecule has 0 spiro atoms. The zero-order valence-electron chi connectivity index (χ0n) is 21.7. The van der Waals surface area contributed by atoms with E-state index in [1.807, 2.05) is 54.7 Å². The zero-order chi connectivity index (χ0) is 25.4. The van der Waals surface area contributed by atoms with Gasteiger partial charge in [-0.05, 0) is 78.6 Å². The average molecular weight is 485 g/mol. The number of rotatable bonds is 6. The average Bonchev–Trinajstić information content (AvgIpc) is 2.90. The number of esters is 1. The van der Waals surface area contributed by atoms with Crippen LogP contribution in [0.1, 0.15) is 61.2 Å². The number of benzene rings is 2. The third kappa shape index (κ3) is 4.64. The van der Waals surface area contributed by atoms with Gasteiger partial charge in [0.15, 0.2) is 0 Å². The Bertz CT molecular complexity index is 1260. The summed E-state index contributed by atoms with van der Waals surface area (Å²) in [6.07, 6.45) is 5.63. The van der Waals surface area contributed by atoms with Crippen molar-refractivity contribution in [3.63, 3.8) is 0 Å². The largest absolute Gasteiger partial charge is 0.497 e. The number of methoxy groups -OCH3 is 1. The number of ether oxygens (including phenoxy) is 2. The molecular formula is C31H36N2O3. The molecular weight excluding hydrogens is 448 g/mol. The topological polar surface area (TPSA) is 51.7 Å². The van der Waals surface area contributed by atoms with Crippen LogP contribution in [-0.2, 0) is 10.2 Å². The van der Waals surface area contributed by atoms with Gasteiger partial charge in [0.1, 0.15) is 11.9 Å². The van der Waals surface area contributed by atoms with E-state index in [1.165, 1.54) is 5.56 Å². The molecule has 1 aromatic heterocycles. The molecule has 2 aromatic carbocycles. The first kappa shape index (κ1) is 24.5. The van der Waals surface area contributed by atoms with Crippen LogP contribution in [0.15, 0.2) is 67.4 Å². The number of hydrogen-bond acceptors (Lipinski definition) is 5. The van der Waals surface area contributed by atoms with Crippen molar-refractivity contribution < 1.29 is 14.3 Å². The third-order valence-corrected chi connectivity index (χ3v) is 8.01. The number of fused-ring (bicyclic) bond motifs is 4. The second kappa shape index (κ2) is 9.70. The summed E-state index contributed by atoms with van der Waals surface area (Å²) < 4.78 is 11.9. The van der Waals surface area contributed by atoms with Crippen LogP contribution in [0.3, 0.4) is 0 Å². The van der Waals surface area contributed by atoms with E-state index >= 15 is 0 Å². The van der Waals surface area contributed by atoms with E-state index < -0.39 is 6.10 Å². The first-order valence-electron chi connectivity index (χ1n) is 12.9. The molecule has 3 aliphatic heterocycles. The highest BCUT2D eigenvalue weighted by atomic mass is 16.5. The molecule has 0 amide bonds. The Morgan fingerprint density at radius 2 is 1.94 bits per heavy atom. The summed E-state index contributed by atoms with van der Waals surface area (Å²) in [6, 6.07) is 15.8. The first-order valence-corrected chi connectivity index (χ1v) is 12.9. The minimum Gasteiger partial charge on any atom is -0.497 e. The van der Waals surface area contributed by atoms with Gasteiger partial charge in [0.25, 0.3) is 0 Å². The fourth-order valence-corrected chi connectivity index (χ4v) is 5.85. The summed E-state index contributed by atoms with van der Waals surface area (Å²) >= 11 is 0. The lowest BCUT2D eigenvalue weighted by Crippen LogP contribution is -2.55. The fraction of sp³-hybridized carbons (Fsp3) is 0.419. The Labute approximate surface area is 214 Å². The lowest BCUT2D eigenvalue weighted by molar-refractivity contribution is -0.0568. The van der Waals surface area contributed by atoms with Crippen LogP contribution in [0.25, 0.3) is 10.9 Å². The van der Waals surface area contributed by atoms with Gasteiger partial charge in [-0.3, -0.25) is 9.88 Å². The molecule has 188 valence electrons. The van der Waals surface area contributed by atoms with Crippen molar-refractivity contribution in [3.05, 3.63) is 84.1 Å². The second-order valence-electron chi connectivity index (χ2n) is 11.2. The van der Waals surface area contributed by atoms with Crippen molar-refractivity contribution in [1.82, 2.24) is 9.88 Å². The number of carbonyl (C=O) groups excluding carboxylic acids is 1. The summed E-state index contributed by atoms with van der Waals surface area (Å²) in [5.41, 5.74) is 3.63. The number of aromatic nitrogens is 1. The minimum absolute atomic E-state index is 0.0241. The summed E-state index contributed by atoms with van der Waals surface area (Å²) in [5.74, 6) is 1.52. The third-order valence-electron chi connectivity index (χ3n) is 8.01. The predicted octanol–water partition coefficient (Wildman–Crippen LogP) is 6.34. The minimum atomic E-state index is -0.411. The van der Waals surface area contributed by atoms with Crippen molar-refractivity contribution in [1.29, 1.82) is 0 Å². The van der Waals surface area contributed by atoms with Crippen LogP contribution in [0, 0.1) is 11.8 Å². The smallest absolute Gasteiger partial charge is 0.338 e. The molecule has 0 N–H and O–H groups in total. The van der Waals surface area contributed by atoms with E-state index in [9.17, 15) is 4.79 Å². The number of pyridine rings is 1. The van der Waals surface area contributed by atoms with Crippen LogP contribution in [0.5, 0.6) is 5.75 Å². The van der Waals surface area contributed by atoms with Crippen molar-refractivity contribution in [3.8, 4) is 5.75 Å². The quantitative estimate of drug-likeness (QED) is 0.302. The fourth-order valence-electron chi connectivity index (χ4n) is 5.85. The summed E-state index contributed by atoms with van der Waals surface area (Å²) in [5, 5.41) is 0.959. The van der Waals surface area contributed by atoms with Crippen LogP contribution in [0.2, 0.25) is 0 Å². The van der Waals surface area contributed by atoms with Crippen LogP contribution >= 0.6 is 0 Å². The van der Waals surface area contributed by atoms with E-state index in [1.54, 1.807) is 7.11 Å². The molecule has 0 saturated carbocycles. The number of nitrogens with zero attached hydrogens (tertiary/aromatic N) is 2. The first-order chi connectivity index (χ1) is 17.3. The molecule has 5 nitrogen and oxygen atoms in total. The molecule has 3 saturated heterocycles. The van der Waals surface area contributed by atoms with E-state index in [-0.39, 0.29) is 17.4 Å². The predicted molar refractivity (Wildman–Crippen MR) is 143 cm³/mol. The maximum absolute atomic E-state index is 13.5. The van der Waals surface area contributed by atoms with Gasteiger partial charge in [-0.25, -0.2) is 4.79 Å². The van der Waals surface area contributed by atoms with Gasteiger partial charge in [-0.1, -0.05) is 39.0 Å². The Morgan fingerprint density at radius 1 is 1.17 bits per heavy atom. The van der Waals surface area contributed by atoms with Gasteiger partial charge in [-0.2, -0.15) is 0 Å². The van der Waals surface area contributed by atoms with E-state index in [2.05, 4.69) is 43.3 Å². The Balaban J connectivity index is 1.53. The molecule has 4 unspecified atom stereocenters. The van der Waals surface area contributed by atoms with Gasteiger partial charge in [-0.15, -0.1) is 6.58 Å². The normalized spacial score (nSPS) is 24.3. The highest BCUT2D eigenvalue weighted by Gasteiger charge is 2.44. The van der Waals surface area contributed by atoms with Crippen LogP contribution in [-0.4, -0.2) is 42.1 Å². The zero-order valence-corrected chi connectivity index (χ0v) is 21.7. The van der Waals surface area contributed by atoms with Crippen molar-refractivity contribution >= 4 is 16.9 Å². The van der Waals surface area contributed by atoms with Crippen molar-refractivity contribution in [2.45, 2.75) is 51.2 Å². The summed E-state index contributed by atoms with van der Waals surface area (Å²) in [6.45, 7) is 12.5. The SMILES string of the molecule is C=CC1CN2CCC1CC2[C@H](OC(=O)c1ccc(C(C)(C)C)cc1)c1ccnc2ccc(OC)cc12. The molecule has 36 heavy (non-hydrogen) atoms. The number of hydrogen-bond donors (Lipinski definition) is 0. The molecule has 3 aromatic rings. The van der Waals surface area contributed by atoms with Gasteiger partial charge in [0, 0.05) is 23.7 Å². The molecule has 6 rings (SSSR count). The lowest BCUT2D eigenvalue weighted by atomic mass is 9.73. The maximum atomic E-state index is 13.5. The van der Waals surface area contributed by atoms with Crippen molar-refractivity contribution in [2.24, 2.45) is 11.8 Å². The Hall–Kier alpha value is -3.18. The lowest BCUT2D eigenvalue weighted by Gasteiger charge is -2.51. The Kier molecular flexibility index (Phi) is 6.60. The summed E-state index contributed by atoms with van der Waals surface area (Å²) in [4.78, 5) is 20.6. The monoisotopic (exact) mass is 484 g/mol.